The summed E-state index contributed by atoms with van der Waals surface area (Å²) in [5.41, 5.74) is 2.26. The molecule has 0 aliphatic rings. The van der Waals surface area contributed by atoms with Gasteiger partial charge in [0.15, 0.2) is 0 Å². The Labute approximate surface area is 88.5 Å². The first-order valence-electron chi connectivity index (χ1n) is 5.06. The van der Waals surface area contributed by atoms with Crippen molar-refractivity contribution in [1.82, 2.24) is 14.9 Å². The van der Waals surface area contributed by atoms with Gasteiger partial charge in [-0.25, -0.2) is 4.52 Å². The number of aliphatic hydroxyl groups excluding tert-OH is 1. The summed E-state index contributed by atoms with van der Waals surface area (Å²) in [6.45, 7) is 2.83. The van der Waals surface area contributed by atoms with Crippen LogP contribution in [0.1, 0.15) is 12.5 Å². The summed E-state index contributed by atoms with van der Waals surface area (Å²) in [4.78, 5) is 0. The number of pyridine rings is 1. The molecule has 0 saturated heterocycles. The molecule has 2 aromatic heterocycles. The summed E-state index contributed by atoms with van der Waals surface area (Å²) in [5, 5.41) is 16.4. The van der Waals surface area contributed by atoms with E-state index in [0.717, 1.165) is 17.6 Å². The van der Waals surface area contributed by atoms with E-state index in [2.05, 4.69) is 10.4 Å². The van der Waals surface area contributed by atoms with Crippen molar-refractivity contribution >= 4 is 5.52 Å². The first-order chi connectivity index (χ1) is 7.31. The lowest BCUT2D eigenvalue weighted by Crippen LogP contribution is -2.28. The van der Waals surface area contributed by atoms with E-state index >= 15 is 0 Å². The summed E-state index contributed by atoms with van der Waals surface area (Å²) in [7, 11) is 0. The van der Waals surface area contributed by atoms with Crippen molar-refractivity contribution in [2.75, 3.05) is 6.61 Å². The van der Waals surface area contributed by atoms with Crippen LogP contribution in [0.4, 0.5) is 0 Å². The highest BCUT2D eigenvalue weighted by Crippen LogP contribution is 2.09. The third-order valence-electron chi connectivity index (χ3n) is 2.42. The van der Waals surface area contributed by atoms with Crippen LogP contribution in [-0.2, 0) is 6.54 Å². The van der Waals surface area contributed by atoms with E-state index in [0.29, 0.717) is 0 Å². The van der Waals surface area contributed by atoms with Crippen LogP contribution in [0.3, 0.4) is 0 Å². The van der Waals surface area contributed by atoms with Gasteiger partial charge in [-0.3, -0.25) is 0 Å². The number of fused-ring (bicyclic) bond motifs is 1. The van der Waals surface area contributed by atoms with Gasteiger partial charge in [0.25, 0.3) is 0 Å². The van der Waals surface area contributed by atoms with Gasteiger partial charge in [-0.15, -0.1) is 0 Å². The van der Waals surface area contributed by atoms with Crippen LogP contribution < -0.4 is 5.32 Å². The molecule has 1 atom stereocenters. The van der Waals surface area contributed by atoms with Crippen LogP contribution in [0.15, 0.2) is 30.6 Å². The standard InChI is InChI=1S/C11H15N3O/c1-9(8-15)12-6-10-7-13-14-5-3-2-4-11(10)14/h2-5,7,9,12,15H,6,8H2,1H3. The molecule has 0 saturated carbocycles. The van der Waals surface area contributed by atoms with Gasteiger partial charge in [-0.05, 0) is 19.1 Å². The molecule has 4 heteroatoms. The summed E-state index contributed by atoms with van der Waals surface area (Å²) >= 11 is 0. The Hall–Kier alpha value is -1.39. The van der Waals surface area contributed by atoms with Gasteiger partial charge in [0.1, 0.15) is 0 Å². The van der Waals surface area contributed by atoms with Gasteiger partial charge in [-0.2, -0.15) is 5.10 Å². The smallest absolute Gasteiger partial charge is 0.0706 e. The number of hydrogen-bond donors (Lipinski definition) is 2. The van der Waals surface area contributed by atoms with E-state index in [-0.39, 0.29) is 12.6 Å². The number of nitrogens with zero attached hydrogens (tertiary/aromatic N) is 2. The van der Waals surface area contributed by atoms with Crippen molar-refractivity contribution in [1.29, 1.82) is 0 Å². The van der Waals surface area contributed by atoms with Crippen LogP contribution in [-0.4, -0.2) is 27.4 Å². The molecule has 2 aromatic rings. The summed E-state index contributed by atoms with van der Waals surface area (Å²) in [6, 6.07) is 6.10. The molecule has 1 unspecified atom stereocenters. The molecule has 2 N–H and O–H groups in total. The third kappa shape index (κ3) is 2.16. The maximum absolute atomic E-state index is 8.89. The van der Waals surface area contributed by atoms with Gasteiger partial charge in [0.05, 0.1) is 18.3 Å². The van der Waals surface area contributed by atoms with Gasteiger partial charge >= 0.3 is 0 Å². The van der Waals surface area contributed by atoms with Gasteiger partial charge in [0, 0.05) is 24.3 Å². The SMILES string of the molecule is CC(CO)NCc1cnn2ccccc12. The minimum atomic E-state index is 0.115. The van der Waals surface area contributed by atoms with Crippen molar-refractivity contribution in [3.63, 3.8) is 0 Å². The number of nitrogens with one attached hydrogen (secondary N) is 1. The maximum Gasteiger partial charge on any atom is 0.0706 e. The van der Waals surface area contributed by atoms with E-state index in [1.165, 1.54) is 0 Å². The minimum absolute atomic E-state index is 0.115. The average Bonchev–Trinajstić information content (AvgIpc) is 2.69. The highest BCUT2D eigenvalue weighted by molar-refractivity contribution is 5.53. The Morgan fingerprint density at radius 3 is 3.20 bits per heavy atom. The fourth-order valence-electron chi connectivity index (χ4n) is 1.47. The van der Waals surface area contributed by atoms with Gasteiger partial charge in [0.2, 0.25) is 0 Å². The van der Waals surface area contributed by atoms with Crippen LogP contribution in [0.5, 0.6) is 0 Å². The molecule has 80 valence electrons. The number of hydrogen-bond acceptors (Lipinski definition) is 3. The molecular weight excluding hydrogens is 190 g/mol. The van der Waals surface area contributed by atoms with Crippen molar-refractivity contribution < 1.29 is 5.11 Å². The Morgan fingerprint density at radius 2 is 2.40 bits per heavy atom. The molecule has 2 heterocycles. The average molecular weight is 205 g/mol. The Morgan fingerprint density at radius 1 is 1.53 bits per heavy atom. The molecular formula is C11H15N3O. The predicted molar refractivity (Wildman–Crippen MR) is 58.6 cm³/mol. The Balaban J connectivity index is 2.14. The monoisotopic (exact) mass is 205 g/mol. The zero-order chi connectivity index (χ0) is 10.7. The molecule has 0 aliphatic heterocycles. The fourth-order valence-corrected chi connectivity index (χ4v) is 1.47. The van der Waals surface area contributed by atoms with Crippen molar-refractivity contribution in [2.45, 2.75) is 19.5 Å². The first kappa shape index (κ1) is 10.1. The predicted octanol–water partition coefficient (Wildman–Crippen LogP) is 0.805. The fraction of sp³-hybridized carbons (Fsp3) is 0.364. The van der Waals surface area contributed by atoms with E-state index in [1.54, 1.807) is 0 Å². The lowest BCUT2D eigenvalue weighted by atomic mass is 10.2. The lowest BCUT2D eigenvalue weighted by Gasteiger charge is -2.09. The molecule has 0 bridgehead atoms. The summed E-state index contributed by atoms with van der Waals surface area (Å²) < 4.78 is 1.85. The normalized spacial score (nSPS) is 13.2. The van der Waals surface area contributed by atoms with Crippen LogP contribution >= 0.6 is 0 Å². The van der Waals surface area contributed by atoms with E-state index in [4.69, 9.17) is 5.11 Å². The Kier molecular flexibility index (Phi) is 2.99. The summed E-state index contributed by atoms with van der Waals surface area (Å²) in [6.07, 6.45) is 3.78. The second kappa shape index (κ2) is 4.42. The molecule has 15 heavy (non-hydrogen) atoms. The van der Waals surface area contributed by atoms with E-state index in [1.807, 2.05) is 42.0 Å². The molecule has 0 radical (unpaired) electrons. The minimum Gasteiger partial charge on any atom is -0.395 e. The topological polar surface area (TPSA) is 49.6 Å². The van der Waals surface area contributed by atoms with Crippen LogP contribution in [0.2, 0.25) is 0 Å². The van der Waals surface area contributed by atoms with Crippen molar-refractivity contribution in [3.05, 3.63) is 36.2 Å². The summed E-state index contributed by atoms with van der Waals surface area (Å²) in [5.74, 6) is 0. The number of rotatable bonds is 4. The molecule has 0 amide bonds. The third-order valence-corrected chi connectivity index (χ3v) is 2.42. The highest BCUT2D eigenvalue weighted by Gasteiger charge is 2.04. The van der Waals surface area contributed by atoms with Crippen molar-refractivity contribution in [2.24, 2.45) is 0 Å². The highest BCUT2D eigenvalue weighted by atomic mass is 16.3. The number of aromatic nitrogens is 2. The van der Waals surface area contributed by atoms with Crippen LogP contribution in [0.25, 0.3) is 5.52 Å². The quantitative estimate of drug-likeness (QED) is 0.776. The van der Waals surface area contributed by atoms with Gasteiger partial charge in [-0.1, -0.05) is 6.07 Å². The lowest BCUT2D eigenvalue weighted by molar-refractivity contribution is 0.251. The molecule has 0 aliphatic carbocycles. The van der Waals surface area contributed by atoms with Crippen molar-refractivity contribution in [3.8, 4) is 0 Å². The van der Waals surface area contributed by atoms with Crippen LogP contribution in [0, 0.1) is 0 Å². The zero-order valence-electron chi connectivity index (χ0n) is 8.72. The zero-order valence-corrected chi connectivity index (χ0v) is 8.72. The second-order valence-electron chi connectivity index (χ2n) is 3.66. The molecule has 0 aromatic carbocycles. The maximum atomic E-state index is 8.89. The number of aliphatic hydroxyl groups is 1. The van der Waals surface area contributed by atoms with Gasteiger partial charge < -0.3 is 10.4 Å². The van der Waals surface area contributed by atoms with E-state index in [9.17, 15) is 0 Å². The largest absolute Gasteiger partial charge is 0.395 e. The Bertz CT molecular complexity index is 438. The molecule has 4 nitrogen and oxygen atoms in total. The second-order valence-corrected chi connectivity index (χ2v) is 3.66. The molecule has 2 rings (SSSR count). The molecule has 0 spiro atoms. The molecule has 0 fully saturated rings. The van der Waals surface area contributed by atoms with E-state index < -0.39 is 0 Å². The first-order valence-corrected chi connectivity index (χ1v) is 5.06.